The number of aryl methyl sites for hydroxylation is 1. The molecule has 0 unspecified atom stereocenters. The third-order valence-electron chi connectivity index (χ3n) is 5.22. The Labute approximate surface area is 192 Å². The van der Waals surface area contributed by atoms with E-state index in [1.165, 1.54) is 17.7 Å². The predicted octanol–water partition coefficient (Wildman–Crippen LogP) is 4.03. The van der Waals surface area contributed by atoms with E-state index in [2.05, 4.69) is 14.7 Å². The van der Waals surface area contributed by atoms with Crippen molar-refractivity contribution >= 4 is 33.3 Å². The number of amidine groups is 1. The van der Waals surface area contributed by atoms with Gasteiger partial charge in [0.15, 0.2) is 12.6 Å². The second kappa shape index (κ2) is 9.02. The minimum absolute atomic E-state index is 0.00512. The fourth-order valence-electron chi connectivity index (χ4n) is 3.56. The lowest BCUT2D eigenvalue weighted by atomic mass is 10.1. The summed E-state index contributed by atoms with van der Waals surface area (Å²) < 4.78 is 37.3. The van der Waals surface area contributed by atoms with Gasteiger partial charge in [-0.05, 0) is 36.6 Å². The lowest BCUT2D eigenvalue weighted by molar-refractivity contribution is 0.0509. The molecule has 0 aliphatic carbocycles. The van der Waals surface area contributed by atoms with Crippen LogP contribution in [0.4, 0.5) is 5.69 Å². The third kappa shape index (κ3) is 4.40. The Balaban J connectivity index is 1.85. The number of hydrogen-bond acceptors (Lipinski definition) is 9. The summed E-state index contributed by atoms with van der Waals surface area (Å²) in [6.07, 6.45) is 2.28. The minimum Gasteiger partial charge on any atom is -0.506 e. The summed E-state index contributed by atoms with van der Waals surface area (Å²) in [4.78, 5) is 17.9. The molecule has 0 saturated carbocycles. The number of aromatic hydroxyl groups is 1. The van der Waals surface area contributed by atoms with E-state index in [-0.39, 0.29) is 28.8 Å². The van der Waals surface area contributed by atoms with E-state index in [1.807, 2.05) is 13.8 Å². The third-order valence-corrected chi connectivity index (χ3v) is 6.59. The zero-order chi connectivity index (χ0) is 23.8. The van der Waals surface area contributed by atoms with Crippen LogP contribution in [0.25, 0.3) is 11.0 Å². The zero-order valence-corrected chi connectivity index (χ0v) is 19.3. The molecule has 1 aromatic carbocycles. The minimum atomic E-state index is -3.68. The Bertz CT molecular complexity index is 1290. The molecular weight excluding hydrogens is 448 g/mol. The maximum Gasteiger partial charge on any atom is 0.267 e. The normalized spacial score (nSPS) is 15.6. The Hall–Kier alpha value is -3.12. The highest BCUT2D eigenvalue weighted by Crippen LogP contribution is 2.56. The summed E-state index contributed by atoms with van der Waals surface area (Å²) in [6.45, 7) is 4.48. The average molecular weight is 475 g/mol. The van der Waals surface area contributed by atoms with Gasteiger partial charge < -0.3 is 19.9 Å². The van der Waals surface area contributed by atoms with Crippen LogP contribution >= 0.6 is 10.8 Å². The van der Waals surface area contributed by atoms with Crippen molar-refractivity contribution in [3.63, 3.8) is 0 Å². The molecule has 2 aromatic heterocycles. The fourth-order valence-corrected chi connectivity index (χ4v) is 4.73. The van der Waals surface area contributed by atoms with Gasteiger partial charge in [-0.15, -0.1) is 4.40 Å². The topological polar surface area (TPSA) is 138 Å². The van der Waals surface area contributed by atoms with Crippen molar-refractivity contribution in [1.29, 1.82) is 0 Å². The number of hydrogen-bond donors (Lipinski definition) is 4. The number of nitrogens with one attached hydrogen (secondary N) is 1. The first-order chi connectivity index (χ1) is 15.7. The van der Waals surface area contributed by atoms with Crippen molar-refractivity contribution in [3.05, 3.63) is 52.4 Å². The molecule has 176 valence electrons. The van der Waals surface area contributed by atoms with Gasteiger partial charge in [-0.2, -0.15) is 0 Å². The lowest BCUT2D eigenvalue weighted by Gasteiger charge is -2.34. The summed E-state index contributed by atoms with van der Waals surface area (Å²) in [6, 6.07) is 7.96. The number of pyridine rings is 2. The van der Waals surface area contributed by atoms with Gasteiger partial charge in [0.1, 0.15) is 27.6 Å². The van der Waals surface area contributed by atoms with E-state index < -0.39 is 16.3 Å². The van der Waals surface area contributed by atoms with E-state index in [4.69, 9.17) is 9.47 Å². The number of benzene rings is 1. The highest BCUT2D eigenvalue weighted by Gasteiger charge is 2.31. The molecule has 0 saturated heterocycles. The highest BCUT2D eigenvalue weighted by molar-refractivity contribution is 8.23. The van der Waals surface area contributed by atoms with Crippen molar-refractivity contribution in [2.24, 2.45) is 10.3 Å². The van der Waals surface area contributed by atoms with Crippen LogP contribution in [0.5, 0.6) is 11.5 Å². The molecule has 1 aliphatic heterocycles. The van der Waals surface area contributed by atoms with Crippen LogP contribution < -0.4 is 15.6 Å². The molecule has 10 nitrogen and oxygen atoms in total. The molecule has 11 heteroatoms. The quantitative estimate of drug-likeness (QED) is 0.377. The second-order valence-electron chi connectivity index (χ2n) is 8.03. The number of rotatable bonds is 7. The molecule has 0 atom stereocenters. The average Bonchev–Trinajstić information content (AvgIpc) is 2.77. The number of ether oxygens (including phenoxy) is 2. The van der Waals surface area contributed by atoms with Gasteiger partial charge >= 0.3 is 0 Å². The predicted molar refractivity (Wildman–Crippen MR) is 127 cm³/mol. The Kier molecular flexibility index (Phi) is 6.30. The SMILES string of the molecule is COCOc1ccc2c(c1)S(O)(O)N=C(c1c(O)c3cccnc3n(CCC(C)C)c1=O)N2. The van der Waals surface area contributed by atoms with Crippen LogP contribution in [0, 0.1) is 5.92 Å². The van der Waals surface area contributed by atoms with Crippen LogP contribution in [0.3, 0.4) is 0 Å². The molecule has 0 fully saturated rings. The highest BCUT2D eigenvalue weighted by atomic mass is 32.3. The van der Waals surface area contributed by atoms with Crippen molar-refractivity contribution < 1.29 is 23.7 Å². The monoisotopic (exact) mass is 474 g/mol. The van der Waals surface area contributed by atoms with Crippen molar-refractivity contribution in [1.82, 2.24) is 9.55 Å². The van der Waals surface area contributed by atoms with Crippen LogP contribution in [-0.4, -0.2) is 43.5 Å². The van der Waals surface area contributed by atoms with E-state index in [1.54, 1.807) is 30.5 Å². The first-order valence-corrected chi connectivity index (χ1v) is 11.8. The molecule has 1 aliphatic rings. The van der Waals surface area contributed by atoms with Crippen molar-refractivity contribution in [2.75, 3.05) is 19.2 Å². The molecular formula is C22H26N4O6S. The first-order valence-electron chi connectivity index (χ1n) is 10.3. The second-order valence-corrected chi connectivity index (χ2v) is 9.69. The van der Waals surface area contributed by atoms with Gasteiger partial charge in [-0.3, -0.25) is 18.5 Å². The molecule has 3 aromatic rings. The van der Waals surface area contributed by atoms with Gasteiger partial charge in [0.2, 0.25) is 0 Å². The molecule has 33 heavy (non-hydrogen) atoms. The maximum absolute atomic E-state index is 13.5. The largest absolute Gasteiger partial charge is 0.506 e. The van der Waals surface area contributed by atoms with Gasteiger partial charge in [-0.1, -0.05) is 24.6 Å². The first kappa shape index (κ1) is 23.1. The number of fused-ring (bicyclic) bond motifs is 2. The standard InChI is InChI=1S/C22H26N4O6S/c1-13(2)8-10-26-21-15(5-4-9-23-21)19(27)18(22(26)28)20-24-16-7-6-14(32-12-31-3)11-17(16)33(29,30)25-20/h4-7,9,11,13,27,29-30H,8,10,12H2,1-3H3,(H,24,25). The summed E-state index contributed by atoms with van der Waals surface area (Å²) in [5.41, 5.74) is 0.0187. The molecule has 0 radical (unpaired) electrons. The molecule has 4 N–H and O–H groups in total. The van der Waals surface area contributed by atoms with Crippen LogP contribution in [-0.2, 0) is 11.3 Å². The number of aromatic nitrogens is 2. The Morgan fingerprint density at radius 3 is 2.76 bits per heavy atom. The molecule has 0 bridgehead atoms. The van der Waals surface area contributed by atoms with E-state index in [0.29, 0.717) is 34.9 Å². The van der Waals surface area contributed by atoms with Gasteiger partial charge in [0.25, 0.3) is 5.56 Å². The van der Waals surface area contributed by atoms with Crippen molar-refractivity contribution in [2.45, 2.75) is 31.7 Å². The summed E-state index contributed by atoms with van der Waals surface area (Å²) in [5, 5.41) is 14.3. The van der Waals surface area contributed by atoms with E-state index in [0.717, 1.165) is 6.42 Å². The summed E-state index contributed by atoms with van der Waals surface area (Å²) in [7, 11) is -2.21. The number of anilines is 1. The van der Waals surface area contributed by atoms with Gasteiger partial charge in [-0.25, -0.2) is 4.98 Å². The molecule has 0 amide bonds. The fraction of sp³-hybridized carbons (Fsp3) is 0.318. The number of methoxy groups -OCH3 is 1. The Morgan fingerprint density at radius 2 is 2.03 bits per heavy atom. The summed E-state index contributed by atoms with van der Waals surface area (Å²) >= 11 is 0. The van der Waals surface area contributed by atoms with Crippen LogP contribution in [0.2, 0.25) is 0 Å². The Morgan fingerprint density at radius 1 is 1.24 bits per heavy atom. The van der Waals surface area contributed by atoms with E-state index in [9.17, 15) is 19.0 Å². The number of nitrogens with zero attached hydrogens (tertiary/aromatic N) is 3. The van der Waals surface area contributed by atoms with Crippen LogP contribution in [0.1, 0.15) is 25.8 Å². The maximum atomic E-state index is 13.5. The zero-order valence-electron chi connectivity index (χ0n) is 18.5. The smallest absolute Gasteiger partial charge is 0.267 e. The van der Waals surface area contributed by atoms with E-state index >= 15 is 0 Å². The molecule has 4 rings (SSSR count). The van der Waals surface area contributed by atoms with Crippen LogP contribution in [0.15, 0.2) is 50.6 Å². The van der Waals surface area contributed by atoms with Gasteiger partial charge in [0, 0.05) is 25.9 Å². The summed E-state index contributed by atoms with van der Waals surface area (Å²) in [5.74, 6) is 0.256. The molecule has 0 spiro atoms. The van der Waals surface area contributed by atoms with Gasteiger partial charge in [0.05, 0.1) is 11.1 Å². The van der Waals surface area contributed by atoms with Crippen molar-refractivity contribution in [3.8, 4) is 11.5 Å². The molecule has 3 heterocycles. The lowest BCUT2D eigenvalue weighted by Crippen LogP contribution is -2.32.